The predicted octanol–water partition coefficient (Wildman–Crippen LogP) is 2.89. The first-order valence-corrected chi connectivity index (χ1v) is 8.03. The number of aryl methyl sites for hydroxylation is 2. The van der Waals surface area contributed by atoms with E-state index in [1.54, 1.807) is 31.2 Å². The number of anilines is 1. The monoisotopic (exact) mass is 331 g/mol. The largest absolute Gasteiger partial charge is 0.324 e. The second-order valence-corrected chi connectivity index (χ2v) is 6.24. The van der Waals surface area contributed by atoms with Crippen LogP contribution in [-0.2, 0) is 17.6 Å². The van der Waals surface area contributed by atoms with E-state index in [1.165, 1.54) is 4.68 Å². The minimum Gasteiger partial charge on any atom is -0.324 e. The maximum atomic E-state index is 12.5. The molecular weight excluding hydrogens is 314 g/mol. The second-order valence-electron chi connectivity index (χ2n) is 5.83. The fraction of sp³-hybridized carbons (Fsp3) is 0.353. The van der Waals surface area contributed by atoms with E-state index >= 15 is 0 Å². The zero-order chi connectivity index (χ0) is 16.6. The SMILES string of the molecule is Cc1c(Cl)cccc1NC(=O)C(C)n1nc2c(cc1=O)CCC2. The van der Waals surface area contributed by atoms with Gasteiger partial charge in [-0.1, -0.05) is 17.7 Å². The van der Waals surface area contributed by atoms with Crippen LogP contribution in [0.5, 0.6) is 0 Å². The number of rotatable bonds is 3. The summed E-state index contributed by atoms with van der Waals surface area (Å²) in [6.07, 6.45) is 2.76. The van der Waals surface area contributed by atoms with Crippen molar-refractivity contribution >= 4 is 23.2 Å². The van der Waals surface area contributed by atoms with E-state index in [0.717, 1.165) is 36.1 Å². The van der Waals surface area contributed by atoms with Crippen LogP contribution in [0.4, 0.5) is 5.69 Å². The van der Waals surface area contributed by atoms with Gasteiger partial charge in [0.1, 0.15) is 6.04 Å². The first-order chi connectivity index (χ1) is 11.0. The van der Waals surface area contributed by atoms with Crippen molar-refractivity contribution in [3.8, 4) is 0 Å². The maximum Gasteiger partial charge on any atom is 0.267 e. The molecule has 0 aliphatic heterocycles. The molecule has 1 aliphatic carbocycles. The first kappa shape index (κ1) is 15.7. The minimum atomic E-state index is -0.688. The average Bonchev–Trinajstić information content (AvgIpc) is 2.97. The van der Waals surface area contributed by atoms with E-state index in [9.17, 15) is 9.59 Å². The van der Waals surface area contributed by atoms with Crippen molar-refractivity contribution in [2.24, 2.45) is 0 Å². The smallest absolute Gasteiger partial charge is 0.267 e. The van der Waals surface area contributed by atoms with E-state index in [-0.39, 0.29) is 11.5 Å². The molecule has 23 heavy (non-hydrogen) atoms. The van der Waals surface area contributed by atoms with Crippen LogP contribution in [0.25, 0.3) is 0 Å². The highest BCUT2D eigenvalue weighted by molar-refractivity contribution is 6.31. The van der Waals surface area contributed by atoms with E-state index in [2.05, 4.69) is 10.4 Å². The highest BCUT2D eigenvalue weighted by Crippen LogP contribution is 2.24. The summed E-state index contributed by atoms with van der Waals surface area (Å²) in [6, 6.07) is 6.23. The van der Waals surface area contributed by atoms with Gasteiger partial charge in [-0.15, -0.1) is 0 Å². The number of nitrogens with zero attached hydrogens (tertiary/aromatic N) is 2. The van der Waals surface area contributed by atoms with Crippen LogP contribution in [0.2, 0.25) is 5.02 Å². The van der Waals surface area contributed by atoms with Crippen molar-refractivity contribution in [2.75, 3.05) is 5.32 Å². The topological polar surface area (TPSA) is 64.0 Å². The molecule has 0 fully saturated rings. The van der Waals surface area contributed by atoms with Crippen LogP contribution >= 0.6 is 11.6 Å². The van der Waals surface area contributed by atoms with Gasteiger partial charge in [0.2, 0.25) is 5.91 Å². The van der Waals surface area contributed by atoms with Crippen LogP contribution in [0, 0.1) is 6.92 Å². The number of carbonyl (C=O) groups excluding carboxylic acids is 1. The van der Waals surface area contributed by atoms with Gasteiger partial charge in [-0.2, -0.15) is 5.10 Å². The molecule has 1 atom stereocenters. The third-order valence-corrected chi connectivity index (χ3v) is 4.66. The lowest BCUT2D eigenvalue weighted by Gasteiger charge is -2.16. The fourth-order valence-electron chi connectivity index (χ4n) is 2.78. The summed E-state index contributed by atoms with van der Waals surface area (Å²) in [5.41, 5.74) is 3.12. The van der Waals surface area contributed by atoms with E-state index in [0.29, 0.717) is 10.7 Å². The number of hydrogen-bond acceptors (Lipinski definition) is 3. The Balaban J connectivity index is 1.86. The van der Waals surface area contributed by atoms with Crippen LogP contribution in [0.3, 0.4) is 0 Å². The lowest BCUT2D eigenvalue weighted by Crippen LogP contribution is -2.34. The number of halogens is 1. The molecule has 1 aromatic heterocycles. The van der Waals surface area contributed by atoms with Crippen LogP contribution in [-0.4, -0.2) is 15.7 Å². The summed E-state index contributed by atoms with van der Waals surface area (Å²) in [5, 5.41) is 7.78. The van der Waals surface area contributed by atoms with Gasteiger partial charge in [0, 0.05) is 16.8 Å². The normalized spacial score (nSPS) is 14.4. The molecule has 0 saturated heterocycles. The quantitative estimate of drug-likeness (QED) is 0.940. The van der Waals surface area contributed by atoms with Crippen LogP contribution in [0.15, 0.2) is 29.1 Å². The zero-order valence-electron chi connectivity index (χ0n) is 13.1. The number of aromatic nitrogens is 2. The molecule has 1 N–H and O–H groups in total. The van der Waals surface area contributed by atoms with Crippen molar-refractivity contribution in [3.05, 3.63) is 56.5 Å². The Labute approximate surface area is 139 Å². The van der Waals surface area contributed by atoms with Gasteiger partial charge < -0.3 is 5.32 Å². The van der Waals surface area contributed by atoms with Gasteiger partial charge in [0.05, 0.1) is 5.69 Å². The Kier molecular flexibility index (Phi) is 4.22. The Morgan fingerprint density at radius 1 is 1.39 bits per heavy atom. The lowest BCUT2D eigenvalue weighted by molar-refractivity contribution is -0.119. The third kappa shape index (κ3) is 3.01. The molecule has 6 heteroatoms. The van der Waals surface area contributed by atoms with Crippen molar-refractivity contribution in [1.29, 1.82) is 0 Å². The molecule has 5 nitrogen and oxygen atoms in total. The minimum absolute atomic E-state index is 0.240. The summed E-state index contributed by atoms with van der Waals surface area (Å²) < 4.78 is 1.26. The van der Waals surface area contributed by atoms with Crippen molar-refractivity contribution < 1.29 is 4.79 Å². The lowest BCUT2D eigenvalue weighted by atomic mass is 10.2. The van der Waals surface area contributed by atoms with Crippen molar-refractivity contribution in [1.82, 2.24) is 9.78 Å². The van der Waals surface area contributed by atoms with Gasteiger partial charge in [-0.05, 0) is 56.4 Å². The van der Waals surface area contributed by atoms with Crippen molar-refractivity contribution in [2.45, 2.75) is 39.2 Å². The van der Waals surface area contributed by atoms with Gasteiger partial charge in [0.25, 0.3) is 5.56 Å². The highest BCUT2D eigenvalue weighted by Gasteiger charge is 2.22. The first-order valence-electron chi connectivity index (χ1n) is 7.65. The maximum absolute atomic E-state index is 12.5. The standard InChI is InChI=1S/C17H18ClN3O2/c1-10-13(18)6-4-7-14(10)19-17(23)11(2)21-16(22)9-12-5-3-8-15(12)20-21/h4,6-7,9,11H,3,5,8H2,1-2H3,(H,19,23). The molecule has 3 rings (SSSR count). The number of nitrogens with one attached hydrogen (secondary N) is 1. The molecule has 2 aromatic rings. The molecule has 0 saturated carbocycles. The second kappa shape index (κ2) is 6.16. The molecule has 1 amide bonds. The van der Waals surface area contributed by atoms with E-state index in [4.69, 9.17) is 11.6 Å². The van der Waals surface area contributed by atoms with Gasteiger partial charge in [0.15, 0.2) is 0 Å². The summed E-state index contributed by atoms with van der Waals surface area (Å²) in [5.74, 6) is -0.289. The van der Waals surface area contributed by atoms with Crippen molar-refractivity contribution in [3.63, 3.8) is 0 Å². The number of amides is 1. The molecule has 0 radical (unpaired) electrons. The van der Waals surface area contributed by atoms with Crippen LogP contribution < -0.4 is 10.9 Å². The number of benzene rings is 1. The number of fused-ring (bicyclic) bond motifs is 1. The predicted molar refractivity (Wildman–Crippen MR) is 90.1 cm³/mol. The summed E-state index contributed by atoms with van der Waals surface area (Å²) >= 11 is 6.06. The Hall–Kier alpha value is -2.14. The Bertz CT molecular complexity index is 829. The highest BCUT2D eigenvalue weighted by atomic mass is 35.5. The molecular formula is C17H18ClN3O2. The van der Waals surface area contributed by atoms with E-state index < -0.39 is 6.04 Å². The molecule has 0 spiro atoms. The number of carbonyl (C=O) groups is 1. The van der Waals surface area contributed by atoms with E-state index in [1.807, 2.05) is 6.92 Å². The Morgan fingerprint density at radius 2 is 2.17 bits per heavy atom. The molecule has 1 aromatic carbocycles. The molecule has 1 heterocycles. The molecule has 1 aliphatic rings. The van der Waals surface area contributed by atoms with Gasteiger partial charge >= 0.3 is 0 Å². The summed E-state index contributed by atoms with van der Waals surface area (Å²) in [7, 11) is 0. The summed E-state index contributed by atoms with van der Waals surface area (Å²) in [6.45, 7) is 3.51. The van der Waals surface area contributed by atoms with Gasteiger partial charge in [-0.25, -0.2) is 4.68 Å². The third-order valence-electron chi connectivity index (χ3n) is 4.25. The zero-order valence-corrected chi connectivity index (χ0v) is 13.9. The Morgan fingerprint density at radius 3 is 2.96 bits per heavy atom. The van der Waals surface area contributed by atoms with Gasteiger partial charge in [-0.3, -0.25) is 9.59 Å². The fourth-order valence-corrected chi connectivity index (χ4v) is 2.96. The summed E-state index contributed by atoms with van der Waals surface area (Å²) in [4.78, 5) is 24.7. The molecule has 1 unspecified atom stereocenters. The molecule has 0 bridgehead atoms. The average molecular weight is 332 g/mol. The van der Waals surface area contributed by atoms with Crippen LogP contribution in [0.1, 0.15) is 36.2 Å². The molecule has 120 valence electrons. The number of hydrogen-bond donors (Lipinski definition) is 1.